The highest BCUT2D eigenvalue weighted by molar-refractivity contribution is 5.79. The Kier molecular flexibility index (Phi) is 8.23. The Bertz CT molecular complexity index is 1270. The molecule has 0 aliphatic carbocycles. The fourth-order valence-corrected chi connectivity index (χ4v) is 4.61. The zero-order chi connectivity index (χ0) is 24.6. The van der Waals surface area contributed by atoms with E-state index in [2.05, 4.69) is 41.4 Å². The van der Waals surface area contributed by atoms with E-state index in [0.29, 0.717) is 12.4 Å². The summed E-state index contributed by atoms with van der Waals surface area (Å²) in [5, 5.41) is 14.4. The summed E-state index contributed by atoms with van der Waals surface area (Å²) in [6.07, 6.45) is 9.52. The van der Waals surface area contributed by atoms with Gasteiger partial charge < -0.3 is 0 Å². The summed E-state index contributed by atoms with van der Waals surface area (Å²) in [5.41, 5.74) is 6.06. The van der Waals surface area contributed by atoms with Crippen molar-refractivity contribution in [1.82, 2.24) is 34.7 Å². The van der Waals surface area contributed by atoms with E-state index >= 15 is 0 Å². The highest BCUT2D eigenvalue weighted by atomic mass is 16.1. The van der Waals surface area contributed by atoms with E-state index < -0.39 is 0 Å². The summed E-state index contributed by atoms with van der Waals surface area (Å²) in [7, 11) is 0. The van der Waals surface area contributed by atoms with Gasteiger partial charge in [-0.05, 0) is 43.0 Å². The molecule has 0 unspecified atom stereocenters. The van der Waals surface area contributed by atoms with Gasteiger partial charge in [-0.1, -0.05) is 69.9 Å². The molecule has 3 heterocycles. The first-order valence-corrected chi connectivity index (χ1v) is 12.7. The van der Waals surface area contributed by atoms with Crippen molar-refractivity contribution in [3.8, 4) is 22.5 Å². The molecule has 1 aromatic carbocycles. The summed E-state index contributed by atoms with van der Waals surface area (Å²) in [5.74, 6) is 0.549. The van der Waals surface area contributed by atoms with Crippen LogP contribution >= 0.6 is 0 Å². The molecule has 0 fully saturated rings. The number of hydrogen-bond donors (Lipinski definition) is 1. The number of pyridine rings is 1. The van der Waals surface area contributed by atoms with Gasteiger partial charge in [0, 0.05) is 35.3 Å². The van der Waals surface area contributed by atoms with Gasteiger partial charge in [0.2, 0.25) is 5.82 Å². The van der Waals surface area contributed by atoms with E-state index in [1.807, 2.05) is 51.7 Å². The number of nitrogens with zero attached hydrogens (tertiary/aromatic N) is 6. The first-order chi connectivity index (χ1) is 17.1. The highest BCUT2D eigenvalue weighted by Gasteiger charge is 2.17. The zero-order valence-corrected chi connectivity index (χ0v) is 21.0. The number of benzene rings is 1. The second-order valence-electron chi connectivity index (χ2n) is 9.04. The lowest BCUT2D eigenvalue weighted by Gasteiger charge is -2.10. The van der Waals surface area contributed by atoms with Crippen LogP contribution in [0.4, 0.5) is 0 Å². The van der Waals surface area contributed by atoms with E-state index in [9.17, 15) is 4.79 Å². The summed E-state index contributed by atoms with van der Waals surface area (Å²) in [4.78, 5) is 18.1. The van der Waals surface area contributed by atoms with E-state index in [-0.39, 0.29) is 5.69 Å². The number of aromatic amines is 1. The van der Waals surface area contributed by atoms with Crippen LogP contribution in [-0.4, -0.2) is 34.7 Å². The molecule has 8 heteroatoms. The number of rotatable bonds is 12. The van der Waals surface area contributed by atoms with Gasteiger partial charge in [-0.3, -0.25) is 14.1 Å². The molecule has 4 aromatic rings. The first-order valence-electron chi connectivity index (χ1n) is 12.7. The largest absolute Gasteiger partial charge is 0.328 e. The normalized spacial score (nSPS) is 11.3. The molecule has 3 aromatic heterocycles. The Morgan fingerprint density at radius 3 is 2.37 bits per heavy atom. The summed E-state index contributed by atoms with van der Waals surface area (Å²) in [6, 6.07) is 12.0. The molecule has 0 aliphatic rings. The second kappa shape index (κ2) is 11.7. The van der Waals surface area contributed by atoms with Gasteiger partial charge in [-0.15, -0.1) is 10.2 Å². The van der Waals surface area contributed by atoms with Crippen molar-refractivity contribution in [3.63, 3.8) is 0 Å². The molecule has 35 heavy (non-hydrogen) atoms. The third kappa shape index (κ3) is 5.58. The maximum atomic E-state index is 13.4. The van der Waals surface area contributed by atoms with E-state index in [1.165, 1.54) is 6.42 Å². The van der Waals surface area contributed by atoms with Crippen molar-refractivity contribution >= 4 is 0 Å². The SMILES string of the molecule is CCCCCc1c(C)n(CCCCC)c(=O)n1Cc1ccc(-c2ccccc2-c2nn[nH]n2)cn1. The predicted molar refractivity (Wildman–Crippen MR) is 138 cm³/mol. The molecule has 0 saturated carbocycles. The van der Waals surface area contributed by atoms with Crippen molar-refractivity contribution in [1.29, 1.82) is 0 Å². The molecule has 0 atom stereocenters. The number of hydrogen-bond acceptors (Lipinski definition) is 5. The lowest BCUT2D eigenvalue weighted by Crippen LogP contribution is -2.26. The minimum Gasteiger partial charge on any atom is -0.296 e. The van der Waals surface area contributed by atoms with Crippen LogP contribution in [0, 0.1) is 6.92 Å². The Balaban J connectivity index is 1.61. The topological polar surface area (TPSA) is 94.3 Å². The molecule has 0 saturated heterocycles. The molecule has 0 bridgehead atoms. The van der Waals surface area contributed by atoms with Gasteiger partial charge in [-0.25, -0.2) is 4.79 Å². The monoisotopic (exact) mass is 473 g/mol. The highest BCUT2D eigenvalue weighted by Crippen LogP contribution is 2.29. The van der Waals surface area contributed by atoms with E-state index in [4.69, 9.17) is 4.98 Å². The fourth-order valence-electron chi connectivity index (χ4n) is 4.61. The number of H-pyrrole nitrogens is 1. The maximum Gasteiger partial charge on any atom is 0.328 e. The predicted octanol–water partition coefficient (Wildman–Crippen LogP) is 5.17. The zero-order valence-electron chi connectivity index (χ0n) is 21.0. The summed E-state index contributed by atoms with van der Waals surface area (Å²) < 4.78 is 3.90. The molecule has 0 spiro atoms. The van der Waals surface area contributed by atoms with Crippen molar-refractivity contribution in [2.45, 2.75) is 78.8 Å². The standard InChI is InChI=1S/C27H35N7O/c1-4-6-8-14-25-20(3)33(17-11-7-5-2)27(35)34(25)19-22-16-15-21(18-28-22)23-12-9-10-13-24(23)26-29-31-32-30-26/h9-10,12-13,15-16,18H,4-8,11,14,17,19H2,1-3H3,(H,29,30,31,32). The van der Waals surface area contributed by atoms with E-state index in [1.54, 1.807) is 0 Å². The Morgan fingerprint density at radius 2 is 1.69 bits per heavy atom. The van der Waals surface area contributed by atoms with E-state index in [0.717, 1.165) is 78.8 Å². The first kappa shape index (κ1) is 24.6. The molecular weight excluding hydrogens is 438 g/mol. The van der Waals surface area contributed by atoms with Crippen LogP contribution in [-0.2, 0) is 19.5 Å². The lowest BCUT2D eigenvalue weighted by molar-refractivity contribution is 0.564. The maximum absolute atomic E-state index is 13.4. The Morgan fingerprint density at radius 1 is 0.914 bits per heavy atom. The van der Waals surface area contributed by atoms with Crippen LogP contribution in [0.2, 0.25) is 0 Å². The van der Waals surface area contributed by atoms with Crippen LogP contribution in [0.25, 0.3) is 22.5 Å². The molecule has 0 amide bonds. The van der Waals surface area contributed by atoms with Crippen molar-refractivity contribution in [2.75, 3.05) is 0 Å². The van der Waals surface area contributed by atoms with Crippen LogP contribution < -0.4 is 5.69 Å². The molecule has 1 N–H and O–H groups in total. The van der Waals surface area contributed by atoms with Gasteiger partial charge in [0.05, 0.1) is 12.2 Å². The Labute approximate surface area is 206 Å². The van der Waals surface area contributed by atoms with Crippen LogP contribution in [0.5, 0.6) is 0 Å². The van der Waals surface area contributed by atoms with Crippen LogP contribution in [0.1, 0.15) is 69.5 Å². The minimum atomic E-state index is 0.0819. The second-order valence-corrected chi connectivity index (χ2v) is 9.04. The van der Waals surface area contributed by atoms with Crippen molar-refractivity contribution in [3.05, 3.63) is 70.2 Å². The fraction of sp³-hybridized carbons (Fsp3) is 0.444. The molecular formula is C27H35N7O. The summed E-state index contributed by atoms with van der Waals surface area (Å²) in [6.45, 7) is 7.75. The summed E-state index contributed by atoms with van der Waals surface area (Å²) >= 11 is 0. The molecule has 0 aliphatic heterocycles. The lowest BCUT2D eigenvalue weighted by atomic mass is 10.0. The molecule has 184 valence electrons. The van der Waals surface area contributed by atoms with Crippen LogP contribution in [0.3, 0.4) is 0 Å². The number of unbranched alkanes of at least 4 members (excludes halogenated alkanes) is 4. The average molecular weight is 474 g/mol. The van der Waals surface area contributed by atoms with Gasteiger partial charge in [0.15, 0.2) is 0 Å². The smallest absolute Gasteiger partial charge is 0.296 e. The quantitative estimate of drug-likeness (QED) is 0.286. The van der Waals surface area contributed by atoms with Crippen molar-refractivity contribution < 1.29 is 0 Å². The number of nitrogens with one attached hydrogen (secondary N) is 1. The molecule has 4 rings (SSSR count). The van der Waals surface area contributed by atoms with Crippen molar-refractivity contribution in [2.24, 2.45) is 0 Å². The minimum absolute atomic E-state index is 0.0819. The number of imidazole rings is 1. The molecule has 8 nitrogen and oxygen atoms in total. The molecule has 0 radical (unpaired) electrons. The average Bonchev–Trinajstić information content (AvgIpc) is 3.49. The van der Waals surface area contributed by atoms with Gasteiger partial charge in [0.1, 0.15) is 0 Å². The number of tetrazole rings is 1. The van der Waals surface area contributed by atoms with Gasteiger partial charge in [-0.2, -0.15) is 5.21 Å². The van der Waals surface area contributed by atoms with Gasteiger partial charge in [0.25, 0.3) is 0 Å². The number of aromatic nitrogens is 7. The van der Waals surface area contributed by atoms with Crippen LogP contribution in [0.15, 0.2) is 47.4 Å². The third-order valence-corrected chi connectivity index (χ3v) is 6.58. The Hall–Kier alpha value is -3.55. The van der Waals surface area contributed by atoms with Gasteiger partial charge >= 0.3 is 5.69 Å². The third-order valence-electron chi connectivity index (χ3n) is 6.58.